The number of aliphatic carboxylic acids is 1. The van der Waals surface area contributed by atoms with Gasteiger partial charge in [-0.1, -0.05) is 99.4 Å². The highest BCUT2D eigenvalue weighted by molar-refractivity contribution is 5.98. The van der Waals surface area contributed by atoms with Gasteiger partial charge in [0.1, 0.15) is 17.5 Å². The van der Waals surface area contributed by atoms with Crippen LogP contribution in [0.15, 0.2) is 84.9 Å². The summed E-state index contributed by atoms with van der Waals surface area (Å²) in [6.45, 7) is 2.16. The predicted molar refractivity (Wildman–Crippen MR) is 148 cm³/mol. The van der Waals surface area contributed by atoms with Crippen LogP contribution in [0, 0.1) is 35.2 Å². The van der Waals surface area contributed by atoms with Gasteiger partial charge < -0.3 is 5.11 Å². The number of halogens is 3. The van der Waals surface area contributed by atoms with Crippen LogP contribution in [-0.2, 0) is 10.2 Å². The van der Waals surface area contributed by atoms with E-state index in [1.165, 1.54) is 18.2 Å². The first-order valence-corrected chi connectivity index (χ1v) is 13.8. The van der Waals surface area contributed by atoms with Crippen LogP contribution in [0.3, 0.4) is 0 Å². The SMILES string of the molecule is CCC[C@H]1CC[C@H](C2(c3ccccc3F)C(c3ccccc3F)=CC(C(=O)O)C=C2c2ccccc2F)CC1. The summed E-state index contributed by atoms with van der Waals surface area (Å²) >= 11 is 0. The molecule has 0 saturated heterocycles. The minimum Gasteiger partial charge on any atom is -0.481 e. The molecule has 1 fully saturated rings. The van der Waals surface area contributed by atoms with Gasteiger partial charge in [-0.2, -0.15) is 0 Å². The van der Waals surface area contributed by atoms with Crippen molar-refractivity contribution in [2.75, 3.05) is 0 Å². The van der Waals surface area contributed by atoms with Crippen LogP contribution in [0.5, 0.6) is 0 Å². The maximum atomic E-state index is 16.0. The molecule has 2 aliphatic carbocycles. The number of benzene rings is 3. The van der Waals surface area contributed by atoms with E-state index in [1.807, 2.05) is 0 Å². The Morgan fingerprint density at radius 2 is 1.26 bits per heavy atom. The maximum absolute atomic E-state index is 16.0. The molecule has 0 spiro atoms. The van der Waals surface area contributed by atoms with Gasteiger partial charge >= 0.3 is 5.97 Å². The molecular weight excluding hydrogens is 497 g/mol. The molecule has 0 heterocycles. The molecule has 1 saturated carbocycles. The molecule has 0 radical (unpaired) electrons. The highest BCUT2D eigenvalue weighted by Gasteiger charge is 2.52. The van der Waals surface area contributed by atoms with Crippen molar-refractivity contribution in [1.29, 1.82) is 0 Å². The van der Waals surface area contributed by atoms with Gasteiger partial charge in [-0.15, -0.1) is 0 Å². The Kier molecular flexibility index (Phi) is 7.79. The van der Waals surface area contributed by atoms with E-state index in [-0.39, 0.29) is 17.0 Å². The molecule has 0 aliphatic heterocycles. The molecule has 0 bridgehead atoms. The number of allylic oxidation sites excluding steroid dienone is 2. The minimum atomic E-state index is -1.29. The first-order valence-electron chi connectivity index (χ1n) is 13.8. The zero-order valence-electron chi connectivity index (χ0n) is 22.0. The second-order valence-corrected chi connectivity index (χ2v) is 10.8. The fourth-order valence-electron chi connectivity index (χ4n) is 6.94. The van der Waals surface area contributed by atoms with Crippen LogP contribution in [-0.4, -0.2) is 11.1 Å². The predicted octanol–water partition coefficient (Wildman–Crippen LogP) is 8.83. The molecule has 5 rings (SSSR count). The average Bonchev–Trinajstić information content (AvgIpc) is 2.94. The van der Waals surface area contributed by atoms with Crippen molar-refractivity contribution in [3.63, 3.8) is 0 Å². The summed E-state index contributed by atoms with van der Waals surface area (Å²) < 4.78 is 47.3. The third kappa shape index (κ3) is 4.84. The summed E-state index contributed by atoms with van der Waals surface area (Å²) in [5.74, 6) is -3.45. The third-order valence-corrected chi connectivity index (χ3v) is 8.61. The van der Waals surface area contributed by atoms with Crippen LogP contribution >= 0.6 is 0 Å². The van der Waals surface area contributed by atoms with Crippen molar-refractivity contribution in [2.24, 2.45) is 17.8 Å². The molecule has 2 aliphatic rings. The topological polar surface area (TPSA) is 37.3 Å². The Bertz CT molecular complexity index is 1350. The van der Waals surface area contributed by atoms with Gasteiger partial charge in [0, 0.05) is 16.7 Å². The van der Waals surface area contributed by atoms with Gasteiger partial charge in [0.25, 0.3) is 0 Å². The average molecular weight is 531 g/mol. The molecular formula is C34H33F3O2. The van der Waals surface area contributed by atoms with Crippen molar-refractivity contribution in [3.05, 3.63) is 119 Å². The van der Waals surface area contributed by atoms with Gasteiger partial charge in [0.15, 0.2) is 0 Å². The molecule has 3 aromatic rings. The van der Waals surface area contributed by atoms with E-state index in [2.05, 4.69) is 6.92 Å². The fourth-order valence-corrected chi connectivity index (χ4v) is 6.94. The number of hydrogen-bond donors (Lipinski definition) is 1. The van der Waals surface area contributed by atoms with Crippen molar-refractivity contribution in [1.82, 2.24) is 0 Å². The van der Waals surface area contributed by atoms with Crippen LogP contribution < -0.4 is 0 Å². The van der Waals surface area contributed by atoms with Crippen molar-refractivity contribution in [2.45, 2.75) is 50.9 Å². The molecule has 5 heteroatoms. The Morgan fingerprint density at radius 1 is 0.769 bits per heavy atom. The summed E-state index contributed by atoms with van der Waals surface area (Å²) in [6.07, 6.45) is 8.59. The Morgan fingerprint density at radius 3 is 1.72 bits per heavy atom. The molecule has 0 unspecified atom stereocenters. The minimum absolute atomic E-state index is 0.200. The van der Waals surface area contributed by atoms with Gasteiger partial charge in [-0.3, -0.25) is 4.79 Å². The van der Waals surface area contributed by atoms with E-state index >= 15 is 13.2 Å². The van der Waals surface area contributed by atoms with E-state index in [0.717, 1.165) is 38.5 Å². The summed E-state index contributed by atoms with van der Waals surface area (Å²) in [6, 6.07) is 18.8. The summed E-state index contributed by atoms with van der Waals surface area (Å²) in [5, 5.41) is 10.2. The van der Waals surface area contributed by atoms with Gasteiger partial charge in [0.2, 0.25) is 0 Å². The zero-order valence-corrected chi connectivity index (χ0v) is 22.0. The molecule has 2 nitrogen and oxygen atoms in total. The zero-order chi connectivity index (χ0) is 27.6. The van der Waals surface area contributed by atoms with Crippen molar-refractivity contribution >= 4 is 17.1 Å². The molecule has 0 atom stereocenters. The molecule has 0 amide bonds. The summed E-state index contributed by atoms with van der Waals surface area (Å²) in [7, 11) is 0. The molecule has 39 heavy (non-hydrogen) atoms. The van der Waals surface area contributed by atoms with Crippen LogP contribution in [0.1, 0.15) is 62.1 Å². The standard InChI is InChI=1S/C34H33F3O2/c1-2-9-22-16-18-24(19-17-22)34(27-12-5-8-15-32(27)37)28(25-10-3-6-13-30(25)35)20-23(33(38)39)21-29(34)26-11-4-7-14-31(26)36/h3-8,10-15,20-24H,2,9,16-19H2,1H3,(H,38,39)/t22-,23?,24-,34?. The molecule has 3 aromatic carbocycles. The van der Waals surface area contributed by atoms with E-state index in [4.69, 9.17) is 0 Å². The van der Waals surface area contributed by atoms with Crippen LogP contribution in [0.2, 0.25) is 0 Å². The van der Waals surface area contributed by atoms with Crippen molar-refractivity contribution < 1.29 is 23.1 Å². The Balaban J connectivity index is 1.87. The van der Waals surface area contributed by atoms with E-state index in [1.54, 1.807) is 66.7 Å². The monoisotopic (exact) mass is 530 g/mol. The lowest BCUT2D eigenvalue weighted by Crippen LogP contribution is -2.43. The number of rotatable bonds is 7. The fraction of sp³-hybridized carbons (Fsp3) is 0.324. The van der Waals surface area contributed by atoms with E-state index < -0.39 is 34.8 Å². The number of carboxylic acid groups (broad SMARTS) is 1. The second kappa shape index (κ2) is 11.3. The van der Waals surface area contributed by atoms with Gasteiger partial charge in [0.05, 0.1) is 11.3 Å². The number of hydrogen-bond acceptors (Lipinski definition) is 1. The Labute approximate surface area is 227 Å². The Hall–Kier alpha value is -3.60. The lowest BCUT2D eigenvalue weighted by Gasteiger charge is -2.50. The van der Waals surface area contributed by atoms with Gasteiger partial charge in [-0.25, -0.2) is 13.2 Å². The summed E-state index contributed by atoms with van der Waals surface area (Å²) in [5.41, 5.74) is 0.223. The molecule has 0 aromatic heterocycles. The molecule has 1 N–H and O–H groups in total. The smallest absolute Gasteiger partial charge is 0.314 e. The number of carboxylic acids is 1. The number of carbonyl (C=O) groups is 1. The van der Waals surface area contributed by atoms with Crippen molar-refractivity contribution in [3.8, 4) is 0 Å². The first kappa shape index (κ1) is 27.0. The quantitative estimate of drug-likeness (QED) is 0.331. The summed E-state index contributed by atoms with van der Waals surface area (Å²) in [4.78, 5) is 12.4. The van der Waals surface area contributed by atoms with Crippen LogP contribution in [0.25, 0.3) is 11.1 Å². The maximum Gasteiger partial charge on any atom is 0.314 e. The second-order valence-electron chi connectivity index (χ2n) is 10.8. The first-order chi connectivity index (χ1) is 18.9. The van der Waals surface area contributed by atoms with Gasteiger partial charge in [-0.05, 0) is 54.0 Å². The lowest BCUT2D eigenvalue weighted by molar-refractivity contribution is -0.138. The molecule has 202 valence electrons. The highest BCUT2D eigenvalue weighted by atomic mass is 19.1. The normalized spacial score (nSPS) is 25.1. The van der Waals surface area contributed by atoms with Crippen LogP contribution in [0.4, 0.5) is 13.2 Å². The third-order valence-electron chi connectivity index (χ3n) is 8.61. The lowest BCUT2D eigenvalue weighted by atomic mass is 9.52. The van der Waals surface area contributed by atoms with E-state index in [9.17, 15) is 9.90 Å². The highest BCUT2D eigenvalue weighted by Crippen LogP contribution is 2.60. The largest absolute Gasteiger partial charge is 0.481 e. The van der Waals surface area contributed by atoms with E-state index in [0.29, 0.717) is 22.6 Å².